The van der Waals surface area contributed by atoms with E-state index < -0.39 is 5.97 Å². The molecule has 0 heterocycles. The highest BCUT2D eigenvalue weighted by Crippen LogP contribution is 2.24. The van der Waals surface area contributed by atoms with Gasteiger partial charge in [0.05, 0.1) is 5.92 Å². The quantitative estimate of drug-likeness (QED) is 0.811. The first-order valence-corrected chi connectivity index (χ1v) is 8.28. The normalized spacial score (nSPS) is 23.0. The maximum Gasteiger partial charge on any atom is 0.306 e. The summed E-state index contributed by atoms with van der Waals surface area (Å²) in [5, 5.41) is 12.6. The van der Waals surface area contributed by atoms with E-state index in [9.17, 15) is 4.79 Å². The zero-order chi connectivity index (χ0) is 15.9. The molecule has 0 amide bonds. The van der Waals surface area contributed by atoms with Crippen LogP contribution in [0.3, 0.4) is 0 Å². The molecule has 1 unspecified atom stereocenters. The van der Waals surface area contributed by atoms with Crippen LogP contribution in [0.2, 0.25) is 0 Å². The van der Waals surface area contributed by atoms with Crippen molar-refractivity contribution in [3.63, 3.8) is 0 Å². The van der Waals surface area contributed by atoms with Gasteiger partial charge in [-0.3, -0.25) is 4.79 Å². The van der Waals surface area contributed by atoms with Gasteiger partial charge in [0.25, 0.3) is 0 Å². The number of aliphatic carboxylic acids is 1. The lowest BCUT2D eigenvalue weighted by Gasteiger charge is -2.29. The number of hydrogen-bond donors (Lipinski definition) is 2. The number of carboxylic acid groups (broad SMARTS) is 1. The highest BCUT2D eigenvalue weighted by Gasteiger charge is 2.26. The highest BCUT2D eigenvalue weighted by atomic mass is 16.5. The Hall–Kier alpha value is -1.55. The number of carbonyl (C=O) groups is 1. The number of para-hydroxylation sites is 1. The fraction of sp³-hybridized carbons (Fsp3) is 0.611. The molecule has 1 saturated carbocycles. The Labute approximate surface area is 132 Å². The summed E-state index contributed by atoms with van der Waals surface area (Å²) in [6.07, 6.45) is 4.55. The summed E-state index contributed by atoms with van der Waals surface area (Å²) in [5.74, 6) is 0.154. The second-order valence-electron chi connectivity index (χ2n) is 6.21. The van der Waals surface area contributed by atoms with Gasteiger partial charge in [-0.2, -0.15) is 0 Å². The van der Waals surface area contributed by atoms with Crippen LogP contribution in [-0.2, 0) is 4.79 Å². The van der Waals surface area contributed by atoms with Crippen molar-refractivity contribution in [3.8, 4) is 5.75 Å². The summed E-state index contributed by atoms with van der Waals surface area (Å²) in [7, 11) is 0. The van der Waals surface area contributed by atoms with Gasteiger partial charge in [0.1, 0.15) is 11.9 Å². The molecule has 22 heavy (non-hydrogen) atoms. The van der Waals surface area contributed by atoms with Gasteiger partial charge in [-0.05, 0) is 50.7 Å². The SMILES string of the molecule is CCC(CNC1CCC(C(=O)O)CC1)Oc1ccccc1C. The van der Waals surface area contributed by atoms with E-state index in [0.29, 0.717) is 6.04 Å². The van der Waals surface area contributed by atoms with E-state index in [1.54, 1.807) is 0 Å². The molecule has 0 aliphatic heterocycles. The lowest BCUT2D eigenvalue weighted by molar-refractivity contribution is -0.142. The number of hydrogen-bond acceptors (Lipinski definition) is 3. The highest BCUT2D eigenvalue weighted by molar-refractivity contribution is 5.70. The molecular formula is C18H27NO3. The lowest BCUT2D eigenvalue weighted by atomic mass is 9.86. The third-order valence-electron chi connectivity index (χ3n) is 4.55. The number of benzene rings is 1. The van der Waals surface area contributed by atoms with Crippen LogP contribution in [0.15, 0.2) is 24.3 Å². The Morgan fingerprint density at radius 1 is 1.32 bits per heavy atom. The summed E-state index contributed by atoms with van der Waals surface area (Å²) in [4.78, 5) is 11.0. The van der Waals surface area contributed by atoms with Gasteiger partial charge in [-0.1, -0.05) is 25.1 Å². The van der Waals surface area contributed by atoms with Crippen molar-refractivity contribution in [2.24, 2.45) is 5.92 Å². The topological polar surface area (TPSA) is 58.6 Å². The second-order valence-corrected chi connectivity index (χ2v) is 6.21. The van der Waals surface area contributed by atoms with Gasteiger partial charge in [0.2, 0.25) is 0 Å². The van der Waals surface area contributed by atoms with Crippen molar-refractivity contribution in [3.05, 3.63) is 29.8 Å². The number of aryl methyl sites for hydroxylation is 1. The Bertz CT molecular complexity index is 481. The Morgan fingerprint density at radius 2 is 2.00 bits per heavy atom. The van der Waals surface area contributed by atoms with Crippen molar-refractivity contribution in [1.29, 1.82) is 0 Å². The van der Waals surface area contributed by atoms with Crippen molar-refractivity contribution >= 4 is 5.97 Å². The van der Waals surface area contributed by atoms with E-state index in [0.717, 1.165) is 50.0 Å². The average Bonchev–Trinajstić information content (AvgIpc) is 2.53. The molecule has 0 aromatic heterocycles. The minimum absolute atomic E-state index is 0.150. The van der Waals surface area contributed by atoms with Crippen LogP contribution in [0.25, 0.3) is 0 Å². The summed E-state index contributed by atoms with van der Waals surface area (Å²) >= 11 is 0. The van der Waals surface area contributed by atoms with E-state index in [-0.39, 0.29) is 12.0 Å². The largest absolute Gasteiger partial charge is 0.489 e. The van der Waals surface area contributed by atoms with Gasteiger partial charge < -0.3 is 15.2 Å². The Morgan fingerprint density at radius 3 is 2.59 bits per heavy atom. The minimum atomic E-state index is -0.646. The maximum atomic E-state index is 11.0. The van der Waals surface area contributed by atoms with E-state index in [1.165, 1.54) is 0 Å². The van der Waals surface area contributed by atoms with Gasteiger partial charge in [-0.15, -0.1) is 0 Å². The van der Waals surface area contributed by atoms with E-state index in [4.69, 9.17) is 9.84 Å². The Balaban J connectivity index is 1.77. The average molecular weight is 305 g/mol. The molecular weight excluding hydrogens is 278 g/mol. The van der Waals surface area contributed by atoms with Crippen LogP contribution in [0.4, 0.5) is 0 Å². The fourth-order valence-electron chi connectivity index (χ4n) is 2.98. The predicted molar refractivity (Wildman–Crippen MR) is 87.3 cm³/mol. The van der Waals surface area contributed by atoms with E-state index in [2.05, 4.69) is 25.2 Å². The molecule has 2 rings (SSSR count). The Kier molecular flexibility index (Phi) is 6.25. The molecule has 4 nitrogen and oxygen atoms in total. The second kappa shape index (κ2) is 8.18. The molecule has 1 fully saturated rings. The summed E-state index contributed by atoms with van der Waals surface area (Å²) < 4.78 is 6.09. The zero-order valence-corrected chi connectivity index (χ0v) is 13.5. The van der Waals surface area contributed by atoms with Crippen LogP contribution in [0, 0.1) is 12.8 Å². The van der Waals surface area contributed by atoms with Gasteiger partial charge in [0, 0.05) is 12.6 Å². The molecule has 2 N–H and O–H groups in total. The van der Waals surface area contributed by atoms with Crippen LogP contribution in [-0.4, -0.2) is 29.8 Å². The van der Waals surface area contributed by atoms with Gasteiger partial charge in [-0.25, -0.2) is 0 Å². The standard InChI is InChI=1S/C18H27NO3/c1-3-16(22-17-7-5-4-6-13(17)2)12-19-15-10-8-14(9-11-15)18(20)21/h4-7,14-16,19H,3,8-12H2,1-2H3,(H,20,21). The molecule has 0 bridgehead atoms. The molecule has 0 spiro atoms. The number of rotatable bonds is 7. The lowest BCUT2D eigenvalue weighted by Crippen LogP contribution is -2.40. The van der Waals surface area contributed by atoms with Crippen LogP contribution in [0.5, 0.6) is 5.75 Å². The summed E-state index contributed by atoms with van der Waals surface area (Å²) in [5.41, 5.74) is 1.16. The minimum Gasteiger partial charge on any atom is -0.489 e. The molecule has 1 atom stereocenters. The first-order valence-electron chi connectivity index (χ1n) is 8.28. The molecule has 1 aromatic carbocycles. The molecule has 1 aliphatic rings. The third-order valence-corrected chi connectivity index (χ3v) is 4.55. The molecule has 0 radical (unpaired) electrons. The first-order chi connectivity index (χ1) is 10.6. The monoisotopic (exact) mass is 305 g/mol. The van der Waals surface area contributed by atoms with Crippen molar-refractivity contribution in [2.75, 3.05) is 6.54 Å². The summed E-state index contributed by atoms with van der Waals surface area (Å²) in [6, 6.07) is 8.50. The van der Waals surface area contributed by atoms with E-state index >= 15 is 0 Å². The number of nitrogens with one attached hydrogen (secondary N) is 1. The first kappa shape index (κ1) is 16.8. The maximum absolute atomic E-state index is 11.0. The van der Waals surface area contributed by atoms with Crippen LogP contribution < -0.4 is 10.1 Å². The van der Waals surface area contributed by atoms with Crippen molar-refractivity contribution in [1.82, 2.24) is 5.32 Å². The van der Waals surface area contributed by atoms with Gasteiger partial charge in [0.15, 0.2) is 0 Å². The van der Waals surface area contributed by atoms with Gasteiger partial charge >= 0.3 is 5.97 Å². The predicted octanol–water partition coefficient (Wildman–Crippen LogP) is 3.39. The van der Waals surface area contributed by atoms with Crippen molar-refractivity contribution < 1.29 is 14.6 Å². The van der Waals surface area contributed by atoms with Crippen LogP contribution >= 0.6 is 0 Å². The molecule has 4 heteroatoms. The molecule has 1 aliphatic carbocycles. The zero-order valence-electron chi connectivity index (χ0n) is 13.5. The third kappa shape index (κ3) is 4.73. The number of carboxylic acids is 1. The van der Waals surface area contributed by atoms with Crippen LogP contribution in [0.1, 0.15) is 44.6 Å². The molecule has 122 valence electrons. The molecule has 0 saturated heterocycles. The van der Waals surface area contributed by atoms with E-state index in [1.807, 2.05) is 18.2 Å². The fourth-order valence-corrected chi connectivity index (χ4v) is 2.98. The van der Waals surface area contributed by atoms with Crippen molar-refractivity contribution in [2.45, 2.75) is 58.1 Å². The summed E-state index contributed by atoms with van der Waals surface area (Å²) in [6.45, 7) is 5.00. The number of ether oxygens (including phenoxy) is 1. The molecule has 1 aromatic rings. The smallest absolute Gasteiger partial charge is 0.306 e.